The Hall–Kier alpha value is -2.66. The number of carbonyl (C=O) groups is 2. The Labute approximate surface area is 160 Å². The van der Waals surface area contributed by atoms with Gasteiger partial charge in [0.25, 0.3) is 5.91 Å². The molecule has 2 aromatic rings. The van der Waals surface area contributed by atoms with Crippen molar-refractivity contribution in [1.29, 1.82) is 0 Å². The number of ether oxygens (including phenoxy) is 1. The second kappa shape index (κ2) is 8.82. The molecule has 0 aliphatic carbocycles. The number of anilines is 1. The summed E-state index contributed by atoms with van der Waals surface area (Å²) in [6.45, 7) is 5.25. The molecule has 1 atom stereocenters. The van der Waals surface area contributed by atoms with Crippen molar-refractivity contribution in [2.45, 2.75) is 39.2 Å². The number of rotatable bonds is 6. The van der Waals surface area contributed by atoms with E-state index in [0.29, 0.717) is 17.8 Å². The Kier molecular flexibility index (Phi) is 6.24. The number of benzene rings is 2. The van der Waals surface area contributed by atoms with E-state index in [-0.39, 0.29) is 24.3 Å². The normalized spacial score (nSPS) is 16.1. The molecule has 27 heavy (non-hydrogen) atoms. The highest BCUT2D eigenvalue weighted by atomic mass is 16.5. The number of para-hydroxylation sites is 1. The molecule has 0 radical (unpaired) electrons. The minimum Gasteiger partial charge on any atom is -0.376 e. The fraction of sp³-hybridized carbons (Fsp3) is 0.364. The van der Waals surface area contributed by atoms with Crippen LogP contribution in [-0.2, 0) is 16.0 Å². The van der Waals surface area contributed by atoms with Crippen molar-refractivity contribution in [3.63, 3.8) is 0 Å². The van der Waals surface area contributed by atoms with E-state index in [0.717, 1.165) is 36.1 Å². The Bertz CT molecular complexity index is 826. The molecule has 5 heteroatoms. The minimum absolute atomic E-state index is 0.0833. The Morgan fingerprint density at radius 1 is 1.15 bits per heavy atom. The van der Waals surface area contributed by atoms with Gasteiger partial charge in [-0.2, -0.15) is 0 Å². The molecule has 2 N–H and O–H groups in total. The molecule has 3 rings (SSSR count). The predicted octanol–water partition coefficient (Wildman–Crippen LogP) is 3.39. The maximum Gasteiger partial charge on any atom is 0.253 e. The minimum atomic E-state index is -0.201. The summed E-state index contributed by atoms with van der Waals surface area (Å²) >= 11 is 0. The Morgan fingerprint density at radius 2 is 1.96 bits per heavy atom. The van der Waals surface area contributed by atoms with Gasteiger partial charge in [0.1, 0.15) is 0 Å². The van der Waals surface area contributed by atoms with Crippen molar-refractivity contribution in [1.82, 2.24) is 5.32 Å². The number of hydrogen-bond acceptors (Lipinski definition) is 3. The van der Waals surface area contributed by atoms with Crippen LogP contribution in [0.3, 0.4) is 0 Å². The van der Waals surface area contributed by atoms with Crippen LogP contribution in [-0.4, -0.2) is 31.1 Å². The first kappa shape index (κ1) is 19.1. The highest BCUT2D eigenvalue weighted by molar-refractivity contribution is 6.04. The van der Waals surface area contributed by atoms with Crippen molar-refractivity contribution in [2.75, 3.05) is 18.5 Å². The molecule has 1 heterocycles. The average molecular weight is 366 g/mol. The number of carbonyl (C=O) groups excluding carboxylic acids is 2. The van der Waals surface area contributed by atoms with Crippen LogP contribution in [0, 0.1) is 13.8 Å². The molecule has 0 aromatic heterocycles. The summed E-state index contributed by atoms with van der Waals surface area (Å²) in [5.74, 6) is -0.337. The fourth-order valence-electron chi connectivity index (χ4n) is 3.26. The standard InChI is InChI=1S/C22H26N2O3/c1-15-9-10-16(2)17(12-15)13-21(25)24-20-8-4-3-7-19(20)22(26)23-14-18-6-5-11-27-18/h3-4,7-10,12,18H,5-6,11,13-14H2,1-2H3,(H,23,26)(H,24,25)/t18-/m1/s1. The number of amides is 2. The molecule has 2 amide bonds. The second-order valence-electron chi connectivity index (χ2n) is 7.05. The smallest absolute Gasteiger partial charge is 0.253 e. The maximum absolute atomic E-state index is 12.5. The van der Waals surface area contributed by atoms with E-state index in [4.69, 9.17) is 4.74 Å². The van der Waals surface area contributed by atoms with E-state index in [1.54, 1.807) is 18.2 Å². The third-order valence-electron chi connectivity index (χ3n) is 4.82. The van der Waals surface area contributed by atoms with Crippen LogP contribution in [0.5, 0.6) is 0 Å². The van der Waals surface area contributed by atoms with E-state index < -0.39 is 0 Å². The quantitative estimate of drug-likeness (QED) is 0.823. The summed E-state index contributed by atoms with van der Waals surface area (Å²) < 4.78 is 5.54. The molecule has 142 valence electrons. The highest BCUT2D eigenvalue weighted by Crippen LogP contribution is 2.18. The summed E-state index contributed by atoms with van der Waals surface area (Å²) in [5.41, 5.74) is 4.19. The van der Waals surface area contributed by atoms with Crippen LogP contribution in [0.4, 0.5) is 5.69 Å². The van der Waals surface area contributed by atoms with E-state index in [1.807, 2.05) is 38.1 Å². The molecule has 0 spiro atoms. The molecular formula is C22H26N2O3. The van der Waals surface area contributed by atoms with E-state index in [1.165, 1.54) is 0 Å². The molecule has 1 aliphatic heterocycles. The first-order valence-corrected chi connectivity index (χ1v) is 9.38. The number of nitrogens with one attached hydrogen (secondary N) is 2. The van der Waals surface area contributed by atoms with Crippen molar-refractivity contribution in [3.05, 3.63) is 64.7 Å². The predicted molar refractivity (Wildman–Crippen MR) is 106 cm³/mol. The Morgan fingerprint density at radius 3 is 2.74 bits per heavy atom. The van der Waals surface area contributed by atoms with Crippen LogP contribution in [0.2, 0.25) is 0 Å². The SMILES string of the molecule is Cc1ccc(C)c(CC(=O)Nc2ccccc2C(=O)NC[C@H]2CCCO2)c1. The van der Waals surface area contributed by atoms with Gasteiger partial charge in [-0.1, -0.05) is 35.9 Å². The molecule has 0 saturated carbocycles. The second-order valence-corrected chi connectivity index (χ2v) is 7.05. The van der Waals surface area contributed by atoms with Crippen molar-refractivity contribution >= 4 is 17.5 Å². The third kappa shape index (κ3) is 5.17. The summed E-state index contributed by atoms with van der Waals surface area (Å²) in [5, 5.41) is 5.79. The monoisotopic (exact) mass is 366 g/mol. The summed E-state index contributed by atoms with van der Waals surface area (Å²) in [7, 11) is 0. The van der Waals surface area contributed by atoms with Crippen LogP contribution in [0.15, 0.2) is 42.5 Å². The van der Waals surface area contributed by atoms with Gasteiger partial charge in [0.05, 0.1) is 23.8 Å². The van der Waals surface area contributed by atoms with Crippen LogP contribution < -0.4 is 10.6 Å². The fourth-order valence-corrected chi connectivity index (χ4v) is 3.26. The molecule has 0 bridgehead atoms. The lowest BCUT2D eigenvalue weighted by Crippen LogP contribution is -2.32. The summed E-state index contributed by atoms with van der Waals surface area (Å²) in [4.78, 5) is 25.1. The average Bonchev–Trinajstić information content (AvgIpc) is 3.17. The van der Waals surface area contributed by atoms with Gasteiger partial charge >= 0.3 is 0 Å². The topological polar surface area (TPSA) is 67.4 Å². The lowest BCUT2D eigenvalue weighted by molar-refractivity contribution is -0.115. The van der Waals surface area contributed by atoms with E-state index in [2.05, 4.69) is 10.6 Å². The molecule has 1 saturated heterocycles. The zero-order valence-corrected chi connectivity index (χ0v) is 15.9. The van der Waals surface area contributed by atoms with Crippen LogP contribution in [0.25, 0.3) is 0 Å². The first-order valence-electron chi connectivity index (χ1n) is 9.38. The van der Waals surface area contributed by atoms with Gasteiger partial charge in [-0.15, -0.1) is 0 Å². The molecule has 1 aliphatic rings. The Balaban J connectivity index is 1.65. The maximum atomic E-state index is 12.5. The lowest BCUT2D eigenvalue weighted by atomic mass is 10.0. The van der Waals surface area contributed by atoms with Crippen LogP contribution in [0.1, 0.15) is 39.9 Å². The number of aryl methyl sites for hydroxylation is 2. The van der Waals surface area contributed by atoms with Crippen molar-refractivity contribution in [2.24, 2.45) is 0 Å². The summed E-state index contributed by atoms with van der Waals surface area (Å²) in [6.07, 6.45) is 2.36. The molecular weight excluding hydrogens is 340 g/mol. The van der Waals surface area contributed by atoms with Gasteiger partial charge in [-0.3, -0.25) is 9.59 Å². The molecule has 5 nitrogen and oxygen atoms in total. The number of hydrogen-bond donors (Lipinski definition) is 2. The zero-order valence-electron chi connectivity index (χ0n) is 15.9. The third-order valence-corrected chi connectivity index (χ3v) is 4.82. The van der Waals surface area contributed by atoms with Crippen molar-refractivity contribution < 1.29 is 14.3 Å². The van der Waals surface area contributed by atoms with Gasteiger partial charge in [-0.05, 0) is 49.9 Å². The van der Waals surface area contributed by atoms with E-state index >= 15 is 0 Å². The van der Waals surface area contributed by atoms with Gasteiger partial charge in [0, 0.05) is 13.2 Å². The molecule has 2 aromatic carbocycles. The highest BCUT2D eigenvalue weighted by Gasteiger charge is 2.18. The lowest BCUT2D eigenvalue weighted by Gasteiger charge is -2.14. The summed E-state index contributed by atoms with van der Waals surface area (Å²) in [6, 6.07) is 13.1. The first-order chi connectivity index (χ1) is 13.0. The van der Waals surface area contributed by atoms with E-state index in [9.17, 15) is 9.59 Å². The van der Waals surface area contributed by atoms with Crippen molar-refractivity contribution in [3.8, 4) is 0 Å². The van der Waals surface area contributed by atoms with Gasteiger partial charge in [0.2, 0.25) is 5.91 Å². The van der Waals surface area contributed by atoms with Crippen LogP contribution >= 0.6 is 0 Å². The molecule has 1 fully saturated rings. The largest absolute Gasteiger partial charge is 0.376 e. The van der Waals surface area contributed by atoms with Gasteiger partial charge < -0.3 is 15.4 Å². The zero-order chi connectivity index (χ0) is 19.2. The van der Waals surface area contributed by atoms with Gasteiger partial charge in [-0.25, -0.2) is 0 Å². The molecule has 0 unspecified atom stereocenters. The van der Waals surface area contributed by atoms with Gasteiger partial charge in [0.15, 0.2) is 0 Å².